The van der Waals surface area contributed by atoms with E-state index in [1.54, 1.807) is 0 Å². The summed E-state index contributed by atoms with van der Waals surface area (Å²) in [5.74, 6) is 1.24. The largest absolute Gasteiger partial charge is 0.395 e. The Hall–Kier alpha value is -1.59. The van der Waals surface area contributed by atoms with Crippen molar-refractivity contribution in [1.82, 2.24) is 15.5 Å². The lowest BCUT2D eigenvalue weighted by Gasteiger charge is -2.33. The van der Waals surface area contributed by atoms with E-state index in [-0.39, 0.29) is 18.7 Å². The van der Waals surface area contributed by atoms with Crippen molar-refractivity contribution in [2.75, 3.05) is 26.2 Å². The fraction of sp³-hybridized carbons (Fsp3) is 0.611. The molecule has 3 rings (SSSR count). The summed E-state index contributed by atoms with van der Waals surface area (Å²) in [6.07, 6.45) is 3.52. The monoisotopic (exact) mass is 317 g/mol. The van der Waals surface area contributed by atoms with Crippen LogP contribution in [-0.2, 0) is 6.54 Å². The molecule has 1 aliphatic heterocycles. The number of benzene rings is 1. The van der Waals surface area contributed by atoms with E-state index in [0.29, 0.717) is 18.4 Å². The molecule has 1 aromatic carbocycles. The molecule has 126 valence electrons. The molecule has 3 N–H and O–H groups in total. The van der Waals surface area contributed by atoms with E-state index in [0.717, 1.165) is 26.1 Å². The second kappa shape index (κ2) is 7.79. The first-order valence-electron chi connectivity index (χ1n) is 8.68. The maximum atomic E-state index is 11.9. The summed E-state index contributed by atoms with van der Waals surface area (Å²) in [7, 11) is 0. The zero-order chi connectivity index (χ0) is 16.1. The minimum atomic E-state index is -0.147. The van der Waals surface area contributed by atoms with Crippen molar-refractivity contribution in [2.24, 2.45) is 11.8 Å². The van der Waals surface area contributed by atoms with Gasteiger partial charge in [-0.15, -0.1) is 0 Å². The Bertz CT molecular complexity index is 508. The third-order valence-electron chi connectivity index (χ3n) is 5.14. The van der Waals surface area contributed by atoms with E-state index in [4.69, 9.17) is 5.11 Å². The molecule has 1 saturated heterocycles. The van der Waals surface area contributed by atoms with Crippen LogP contribution in [0.25, 0.3) is 0 Å². The Labute approximate surface area is 138 Å². The molecule has 5 nitrogen and oxygen atoms in total. The van der Waals surface area contributed by atoms with Gasteiger partial charge in [0, 0.05) is 32.2 Å². The van der Waals surface area contributed by atoms with Crippen molar-refractivity contribution in [1.29, 1.82) is 0 Å². The molecule has 2 fully saturated rings. The molecule has 0 spiro atoms. The standard InChI is InChI=1S/C18H27N3O2/c22-10-9-19-18(23)20-17-8-4-7-15-12-21(13-16(15)17)11-14-5-2-1-3-6-14/h1-3,5-6,15-17,22H,4,7-13H2,(H2,19,20,23)/t15-,16+,17-/m1/s1. The van der Waals surface area contributed by atoms with E-state index in [9.17, 15) is 4.79 Å². The average Bonchev–Trinajstić information content (AvgIpc) is 2.97. The van der Waals surface area contributed by atoms with E-state index in [1.807, 2.05) is 0 Å². The van der Waals surface area contributed by atoms with Crippen LogP contribution in [0.5, 0.6) is 0 Å². The molecule has 23 heavy (non-hydrogen) atoms. The molecule has 2 amide bonds. The number of fused-ring (bicyclic) bond motifs is 1. The van der Waals surface area contributed by atoms with Crippen molar-refractivity contribution in [3.05, 3.63) is 35.9 Å². The fourth-order valence-corrected chi connectivity index (χ4v) is 4.10. The second-order valence-corrected chi connectivity index (χ2v) is 6.76. The predicted molar refractivity (Wildman–Crippen MR) is 90.0 cm³/mol. The normalized spacial score (nSPS) is 27.4. The average molecular weight is 317 g/mol. The number of carbonyl (C=O) groups excluding carboxylic acids is 1. The number of aliphatic hydroxyl groups is 1. The van der Waals surface area contributed by atoms with E-state index in [1.165, 1.54) is 18.4 Å². The Kier molecular flexibility index (Phi) is 5.51. The predicted octanol–water partition coefficient (Wildman–Crippen LogP) is 1.58. The summed E-state index contributed by atoms with van der Waals surface area (Å²) in [5, 5.41) is 14.6. The second-order valence-electron chi connectivity index (χ2n) is 6.76. The first-order chi connectivity index (χ1) is 11.3. The third kappa shape index (κ3) is 4.24. The number of nitrogens with one attached hydrogen (secondary N) is 2. The third-order valence-corrected chi connectivity index (χ3v) is 5.14. The molecule has 2 aliphatic rings. The number of hydrogen-bond donors (Lipinski definition) is 3. The van der Waals surface area contributed by atoms with Crippen molar-refractivity contribution < 1.29 is 9.90 Å². The molecule has 3 atom stereocenters. The highest BCUT2D eigenvalue weighted by Crippen LogP contribution is 2.36. The highest BCUT2D eigenvalue weighted by atomic mass is 16.3. The van der Waals surface area contributed by atoms with E-state index < -0.39 is 0 Å². The molecule has 0 bridgehead atoms. The highest BCUT2D eigenvalue weighted by molar-refractivity contribution is 5.74. The number of amides is 2. The van der Waals surface area contributed by atoms with Crippen LogP contribution in [0.3, 0.4) is 0 Å². The molecule has 5 heteroatoms. The van der Waals surface area contributed by atoms with Crippen molar-refractivity contribution in [3.63, 3.8) is 0 Å². The number of likely N-dealkylation sites (tertiary alicyclic amines) is 1. The molecule has 1 saturated carbocycles. The van der Waals surface area contributed by atoms with Gasteiger partial charge in [-0.25, -0.2) is 4.79 Å². The first-order valence-corrected chi connectivity index (χ1v) is 8.68. The summed E-state index contributed by atoms with van der Waals surface area (Å²) in [5.41, 5.74) is 1.36. The van der Waals surface area contributed by atoms with Gasteiger partial charge in [-0.3, -0.25) is 4.90 Å². The first kappa shape index (κ1) is 16.3. The van der Waals surface area contributed by atoms with Gasteiger partial charge in [-0.2, -0.15) is 0 Å². The zero-order valence-electron chi connectivity index (χ0n) is 13.6. The van der Waals surface area contributed by atoms with Gasteiger partial charge in [-0.05, 0) is 30.2 Å². The zero-order valence-corrected chi connectivity index (χ0v) is 13.6. The van der Waals surface area contributed by atoms with Gasteiger partial charge in [-0.1, -0.05) is 36.8 Å². The fourth-order valence-electron chi connectivity index (χ4n) is 4.10. The smallest absolute Gasteiger partial charge is 0.315 e. The van der Waals surface area contributed by atoms with Gasteiger partial charge in [0.15, 0.2) is 0 Å². The van der Waals surface area contributed by atoms with Crippen LogP contribution in [0, 0.1) is 11.8 Å². The molecular weight excluding hydrogens is 290 g/mol. The molecule has 0 radical (unpaired) electrons. The highest BCUT2D eigenvalue weighted by Gasteiger charge is 2.40. The number of urea groups is 1. The maximum absolute atomic E-state index is 11.9. The molecule has 0 unspecified atom stereocenters. The topological polar surface area (TPSA) is 64.6 Å². The maximum Gasteiger partial charge on any atom is 0.315 e. The Morgan fingerprint density at radius 2 is 2.04 bits per heavy atom. The van der Waals surface area contributed by atoms with Gasteiger partial charge in [0.1, 0.15) is 0 Å². The number of hydrogen-bond acceptors (Lipinski definition) is 3. The number of nitrogens with zero attached hydrogens (tertiary/aromatic N) is 1. The molecule has 1 heterocycles. The number of carbonyl (C=O) groups is 1. The van der Waals surface area contributed by atoms with Gasteiger partial charge in [0.25, 0.3) is 0 Å². The van der Waals surface area contributed by atoms with Crippen LogP contribution in [0.2, 0.25) is 0 Å². The minimum absolute atomic E-state index is 0.0189. The van der Waals surface area contributed by atoms with Crippen LogP contribution in [0.4, 0.5) is 4.79 Å². The summed E-state index contributed by atoms with van der Waals surface area (Å²) < 4.78 is 0. The summed E-state index contributed by atoms with van der Waals surface area (Å²) in [6, 6.07) is 10.7. The lowest BCUT2D eigenvalue weighted by molar-refractivity contribution is 0.200. The Balaban J connectivity index is 1.55. The van der Waals surface area contributed by atoms with Crippen LogP contribution < -0.4 is 10.6 Å². The van der Waals surface area contributed by atoms with Crippen LogP contribution in [0.15, 0.2) is 30.3 Å². The summed E-state index contributed by atoms with van der Waals surface area (Å²) in [6.45, 7) is 3.49. The SMILES string of the molecule is O=C(NCCO)N[C@@H]1CCC[C@@H]2CN(Cc3ccccc3)C[C@@H]21. The summed E-state index contributed by atoms with van der Waals surface area (Å²) in [4.78, 5) is 14.4. The molecule has 1 aliphatic carbocycles. The minimum Gasteiger partial charge on any atom is -0.395 e. The van der Waals surface area contributed by atoms with E-state index in [2.05, 4.69) is 45.9 Å². The lowest BCUT2D eigenvalue weighted by atomic mass is 9.78. The van der Waals surface area contributed by atoms with Crippen LogP contribution in [0.1, 0.15) is 24.8 Å². The Morgan fingerprint density at radius 1 is 1.22 bits per heavy atom. The molecule has 1 aromatic rings. The van der Waals surface area contributed by atoms with Crippen LogP contribution in [-0.4, -0.2) is 48.3 Å². The van der Waals surface area contributed by atoms with Gasteiger partial charge in [0.2, 0.25) is 0 Å². The lowest BCUT2D eigenvalue weighted by Crippen LogP contribution is -2.49. The quantitative estimate of drug-likeness (QED) is 0.772. The van der Waals surface area contributed by atoms with Gasteiger partial charge < -0.3 is 15.7 Å². The van der Waals surface area contributed by atoms with Gasteiger partial charge >= 0.3 is 6.03 Å². The van der Waals surface area contributed by atoms with Crippen LogP contribution >= 0.6 is 0 Å². The van der Waals surface area contributed by atoms with E-state index >= 15 is 0 Å². The van der Waals surface area contributed by atoms with Gasteiger partial charge in [0.05, 0.1) is 6.61 Å². The number of rotatable bonds is 5. The van der Waals surface area contributed by atoms with Crippen molar-refractivity contribution >= 4 is 6.03 Å². The molecule has 0 aromatic heterocycles. The Morgan fingerprint density at radius 3 is 2.83 bits per heavy atom. The summed E-state index contributed by atoms with van der Waals surface area (Å²) >= 11 is 0. The number of aliphatic hydroxyl groups excluding tert-OH is 1. The van der Waals surface area contributed by atoms with Crippen molar-refractivity contribution in [2.45, 2.75) is 31.8 Å². The molecular formula is C18H27N3O2. The van der Waals surface area contributed by atoms with Crippen molar-refractivity contribution in [3.8, 4) is 0 Å².